The van der Waals surface area contributed by atoms with Gasteiger partial charge in [-0.1, -0.05) is 13.0 Å². The van der Waals surface area contributed by atoms with Crippen molar-refractivity contribution < 1.29 is 0 Å². The van der Waals surface area contributed by atoms with Gasteiger partial charge >= 0.3 is 0 Å². The first-order chi connectivity index (χ1) is 4.35. The van der Waals surface area contributed by atoms with Gasteiger partial charge in [-0.05, 0) is 12.2 Å². The minimum absolute atomic E-state index is 0.118. The minimum Gasteiger partial charge on any atom is -0.197 e. The first-order valence-electron chi connectivity index (χ1n) is 2.97. The van der Waals surface area contributed by atoms with E-state index in [1.807, 2.05) is 0 Å². The highest BCUT2D eigenvalue weighted by Crippen LogP contribution is 2.12. The van der Waals surface area contributed by atoms with Gasteiger partial charge in [-0.15, -0.1) is 18.3 Å². The highest BCUT2D eigenvalue weighted by Gasteiger charge is 2.01. The number of nitriles is 1. The summed E-state index contributed by atoms with van der Waals surface area (Å²) in [6.45, 7) is 5.62. The molecule has 1 nitrogen and oxygen atoms in total. The normalized spacial score (nSPS) is 12.0. The third-order valence-corrected chi connectivity index (χ3v) is 1.93. The number of thioether (sulfide) groups is 1. The second-order valence-electron chi connectivity index (χ2n) is 1.60. The lowest BCUT2D eigenvalue weighted by atomic mass is 10.3. The lowest BCUT2D eigenvalue weighted by Crippen LogP contribution is -1.95. The Kier molecular flexibility index (Phi) is 5.45. The largest absolute Gasteiger partial charge is 0.197 e. The van der Waals surface area contributed by atoms with Crippen molar-refractivity contribution in [1.29, 1.82) is 5.26 Å². The molecule has 0 aromatic rings. The Balaban J connectivity index is 3.44. The molecule has 0 aliphatic rings. The maximum absolute atomic E-state index is 8.47. The van der Waals surface area contributed by atoms with Gasteiger partial charge in [0.15, 0.2) is 0 Å². The van der Waals surface area contributed by atoms with Gasteiger partial charge in [0, 0.05) is 0 Å². The second kappa shape index (κ2) is 5.71. The number of rotatable bonds is 4. The van der Waals surface area contributed by atoms with Gasteiger partial charge < -0.3 is 0 Å². The molecule has 1 atom stereocenters. The lowest BCUT2D eigenvalue weighted by Gasteiger charge is -2.00. The molecule has 0 aliphatic carbocycles. The average Bonchev–Trinajstić information content (AvgIpc) is 1.88. The standard InChI is InChI=1S/C7H11NS/c1-3-5-7(6-8)9-4-2/h3,7H,1,4-5H2,2H3. The summed E-state index contributed by atoms with van der Waals surface area (Å²) >= 11 is 1.67. The van der Waals surface area contributed by atoms with Gasteiger partial charge in [0.1, 0.15) is 0 Å². The third-order valence-electron chi connectivity index (χ3n) is 0.893. The molecule has 0 rings (SSSR count). The van der Waals surface area contributed by atoms with Gasteiger partial charge in [0.2, 0.25) is 0 Å². The molecule has 1 unspecified atom stereocenters. The van der Waals surface area contributed by atoms with Crippen LogP contribution in [0.4, 0.5) is 0 Å². The summed E-state index contributed by atoms with van der Waals surface area (Å²) in [7, 11) is 0. The Bertz CT molecular complexity index is 115. The molecule has 0 heterocycles. The van der Waals surface area contributed by atoms with E-state index in [-0.39, 0.29) is 5.25 Å². The maximum atomic E-state index is 8.47. The van der Waals surface area contributed by atoms with E-state index in [9.17, 15) is 0 Å². The van der Waals surface area contributed by atoms with Gasteiger partial charge in [0.05, 0.1) is 11.3 Å². The summed E-state index contributed by atoms with van der Waals surface area (Å²) in [6, 6.07) is 2.20. The van der Waals surface area contributed by atoms with Crippen molar-refractivity contribution in [2.75, 3.05) is 5.75 Å². The average molecular weight is 141 g/mol. The quantitative estimate of drug-likeness (QED) is 0.560. The van der Waals surface area contributed by atoms with E-state index in [0.717, 1.165) is 12.2 Å². The van der Waals surface area contributed by atoms with Crippen LogP contribution in [0.3, 0.4) is 0 Å². The molecule has 0 radical (unpaired) electrons. The minimum atomic E-state index is 0.118. The molecule has 2 heteroatoms. The monoisotopic (exact) mass is 141 g/mol. The molecule has 0 spiro atoms. The molecule has 0 N–H and O–H groups in total. The van der Waals surface area contributed by atoms with Gasteiger partial charge in [-0.2, -0.15) is 5.26 Å². The molecule has 0 fully saturated rings. The van der Waals surface area contributed by atoms with Crippen LogP contribution in [0.2, 0.25) is 0 Å². The Morgan fingerprint density at radius 1 is 1.89 bits per heavy atom. The zero-order valence-electron chi connectivity index (χ0n) is 5.63. The third kappa shape index (κ3) is 4.11. The van der Waals surface area contributed by atoms with E-state index in [4.69, 9.17) is 5.26 Å². The van der Waals surface area contributed by atoms with E-state index < -0.39 is 0 Å². The van der Waals surface area contributed by atoms with Gasteiger partial charge in [0.25, 0.3) is 0 Å². The van der Waals surface area contributed by atoms with E-state index in [0.29, 0.717) is 0 Å². The summed E-state index contributed by atoms with van der Waals surface area (Å²) in [4.78, 5) is 0. The highest BCUT2D eigenvalue weighted by atomic mass is 32.2. The maximum Gasteiger partial charge on any atom is 0.0950 e. The van der Waals surface area contributed by atoms with Crippen molar-refractivity contribution in [3.05, 3.63) is 12.7 Å². The lowest BCUT2D eigenvalue weighted by molar-refractivity contribution is 1.08. The molecule has 0 aromatic heterocycles. The number of hydrogen-bond donors (Lipinski definition) is 0. The Hall–Kier alpha value is -0.420. The molecular formula is C7H11NS. The fourth-order valence-electron chi connectivity index (χ4n) is 0.511. The van der Waals surface area contributed by atoms with Crippen LogP contribution in [0.5, 0.6) is 0 Å². The van der Waals surface area contributed by atoms with Crippen LogP contribution in [0.25, 0.3) is 0 Å². The van der Waals surface area contributed by atoms with E-state index in [2.05, 4.69) is 19.6 Å². The SMILES string of the molecule is C=CCC(C#N)SCC. The van der Waals surface area contributed by atoms with Crippen molar-refractivity contribution >= 4 is 11.8 Å². The molecule has 0 aromatic carbocycles. The highest BCUT2D eigenvalue weighted by molar-refractivity contribution is 8.00. The van der Waals surface area contributed by atoms with Crippen LogP contribution in [0, 0.1) is 11.3 Å². The van der Waals surface area contributed by atoms with Crippen LogP contribution in [-0.4, -0.2) is 11.0 Å². The molecule has 9 heavy (non-hydrogen) atoms. The number of nitrogens with zero attached hydrogens (tertiary/aromatic N) is 1. The summed E-state index contributed by atoms with van der Waals surface area (Å²) in [6.07, 6.45) is 2.59. The zero-order chi connectivity index (χ0) is 7.11. The van der Waals surface area contributed by atoms with Crippen LogP contribution in [-0.2, 0) is 0 Å². The first-order valence-corrected chi connectivity index (χ1v) is 4.02. The van der Waals surface area contributed by atoms with Crippen molar-refractivity contribution in [2.45, 2.75) is 18.6 Å². The summed E-state index contributed by atoms with van der Waals surface area (Å²) in [5.74, 6) is 1.01. The molecule has 0 amide bonds. The Morgan fingerprint density at radius 3 is 2.89 bits per heavy atom. The summed E-state index contributed by atoms with van der Waals surface area (Å²) in [5.41, 5.74) is 0. The molecule has 50 valence electrons. The molecular weight excluding hydrogens is 130 g/mol. The van der Waals surface area contributed by atoms with Crippen LogP contribution in [0.1, 0.15) is 13.3 Å². The van der Waals surface area contributed by atoms with Crippen LogP contribution >= 0.6 is 11.8 Å². The first kappa shape index (κ1) is 8.58. The molecule has 0 saturated carbocycles. The molecule has 0 aliphatic heterocycles. The number of hydrogen-bond acceptors (Lipinski definition) is 2. The smallest absolute Gasteiger partial charge is 0.0950 e. The number of allylic oxidation sites excluding steroid dienone is 1. The van der Waals surface area contributed by atoms with Gasteiger partial charge in [-0.25, -0.2) is 0 Å². The Labute approximate surface area is 60.8 Å². The summed E-state index contributed by atoms with van der Waals surface area (Å²) < 4.78 is 0. The molecule has 0 bridgehead atoms. The fraction of sp³-hybridized carbons (Fsp3) is 0.571. The predicted molar refractivity (Wildman–Crippen MR) is 42.3 cm³/mol. The van der Waals surface area contributed by atoms with Crippen molar-refractivity contribution in [1.82, 2.24) is 0 Å². The van der Waals surface area contributed by atoms with E-state index in [1.54, 1.807) is 17.8 Å². The van der Waals surface area contributed by atoms with E-state index >= 15 is 0 Å². The Morgan fingerprint density at radius 2 is 2.56 bits per heavy atom. The second-order valence-corrected chi connectivity index (χ2v) is 3.08. The van der Waals surface area contributed by atoms with Crippen molar-refractivity contribution in [3.63, 3.8) is 0 Å². The van der Waals surface area contributed by atoms with Gasteiger partial charge in [-0.3, -0.25) is 0 Å². The molecule has 0 saturated heterocycles. The van der Waals surface area contributed by atoms with Crippen LogP contribution < -0.4 is 0 Å². The van der Waals surface area contributed by atoms with Crippen molar-refractivity contribution in [2.24, 2.45) is 0 Å². The van der Waals surface area contributed by atoms with Crippen LogP contribution in [0.15, 0.2) is 12.7 Å². The zero-order valence-corrected chi connectivity index (χ0v) is 6.45. The fourth-order valence-corrected chi connectivity index (χ4v) is 1.26. The van der Waals surface area contributed by atoms with Crippen molar-refractivity contribution in [3.8, 4) is 6.07 Å². The predicted octanol–water partition coefficient (Wildman–Crippen LogP) is 2.21. The summed E-state index contributed by atoms with van der Waals surface area (Å²) in [5, 5.41) is 8.59. The van der Waals surface area contributed by atoms with E-state index in [1.165, 1.54) is 0 Å². The topological polar surface area (TPSA) is 23.8 Å².